The van der Waals surface area contributed by atoms with Crippen molar-refractivity contribution < 1.29 is 32.8 Å². The molecule has 3 aliphatic heterocycles. The molecule has 2 aromatic heterocycles. The van der Waals surface area contributed by atoms with Gasteiger partial charge in [-0.25, -0.2) is 9.18 Å². The second-order valence-electron chi connectivity index (χ2n) is 9.79. The second-order valence-corrected chi connectivity index (χ2v) is 9.79. The number of hydrogen-bond acceptors (Lipinski definition) is 9. The number of urea groups is 1. The number of rotatable bonds is 3. The molecule has 3 aliphatic rings. The van der Waals surface area contributed by atoms with Gasteiger partial charge in [0.05, 0.1) is 29.8 Å². The summed E-state index contributed by atoms with van der Waals surface area (Å²) in [6.07, 6.45) is -1.89. The van der Waals surface area contributed by atoms with Crippen LogP contribution in [0.1, 0.15) is 35.6 Å². The van der Waals surface area contributed by atoms with E-state index in [1.165, 1.54) is 4.90 Å². The Labute approximate surface area is 214 Å². The Bertz CT molecular complexity index is 1490. The number of benzene rings is 1. The van der Waals surface area contributed by atoms with Crippen LogP contribution in [0.5, 0.6) is 0 Å². The number of halogens is 1. The molecule has 3 N–H and O–H groups in total. The average Bonchev–Trinajstić information content (AvgIpc) is 3.47. The minimum atomic E-state index is -1.86. The first-order valence-corrected chi connectivity index (χ1v) is 12.0. The molecule has 0 saturated carbocycles. The molecule has 4 atom stereocenters. The van der Waals surface area contributed by atoms with Crippen LogP contribution in [0.15, 0.2) is 28.9 Å². The van der Waals surface area contributed by atoms with E-state index in [9.17, 15) is 19.2 Å². The van der Waals surface area contributed by atoms with E-state index >= 15 is 4.39 Å². The first kappa shape index (κ1) is 24.0. The van der Waals surface area contributed by atoms with Gasteiger partial charge in [0.2, 0.25) is 11.8 Å². The third-order valence-corrected chi connectivity index (χ3v) is 7.58. The number of morpholine rings is 1. The quantitative estimate of drug-likeness (QED) is 0.330. The molecule has 1 aromatic carbocycles. The zero-order valence-corrected chi connectivity index (χ0v) is 20.6. The van der Waals surface area contributed by atoms with Crippen LogP contribution in [0.2, 0.25) is 0 Å². The molecule has 4 unspecified atom stereocenters. The van der Waals surface area contributed by atoms with E-state index in [1.807, 2.05) is 0 Å². The number of ether oxygens (including phenoxy) is 1. The summed E-state index contributed by atoms with van der Waals surface area (Å²) in [5.74, 6) is -2.20. The van der Waals surface area contributed by atoms with E-state index in [4.69, 9.17) is 9.26 Å². The fourth-order valence-electron chi connectivity index (χ4n) is 5.80. The highest BCUT2D eigenvalue weighted by molar-refractivity contribution is 6.20. The second kappa shape index (κ2) is 8.34. The van der Waals surface area contributed by atoms with Crippen molar-refractivity contribution in [2.45, 2.75) is 51.4 Å². The van der Waals surface area contributed by atoms with Gasteiger partial charge in [0.25, 0.3) is 5.91 Å². The highest BCUT2D eigenvalue weighted by Gasteiger charge is 2.64. The van der Waals surface area contributed by atoms with Crippen LogP contribution in [0.25, 0.3) is 11.0 Å². The number of imide groups is 2. The van der Waals surface area contributed by atoms with Crippen molar-refractivity contribution in [3.05, 3.63) is 41.3 Å². The SMILES string of the molecule is CC1OC(C)C2N(c3cc4onc(C(=O)NCc5ccnn5C)c4cc3CC23C(=O)NC(=O)NC3=O)C1F. The number of anilines is 1. The molecule has 0 bridgehead atoms. The Kier molecular flexibility index (Phi) is 5.28. The molecule has 0 radical (unpaired) electrons. The van der Waals surface area contributed by atoms with Crippen LogP contribution in [-0.2, 0) is 34.3 Å². The number of nitrogens with one attached hydrogen (secondary N) is 3. The zero-order valence-electron chi connectivity index (χ0n) is 20.6. The van der Waals surface area contributed by atoms with Crippen LogP contribution in [0, 0.1) is 5.41 Å². The van der Waals surface area contributed by atoms with Gasteiger partial charge in [0.1, 0.15) is 6.10 Å². The molecule has 5 heterocycles. The number of barbiturate groups is 1. The normalized spacial score (nSPS) is 26.1. The lowest BCUT2D eigenvalue weighted by Crippen LogP contribution is -2.76. The third kappa shape index (κ3) is 3.32. The van der Waals surface area contributed by atoms with Crippen molar-refractivity contribution in [2.75, 3.05) is 4.90 Å². The van der Waals surface area contributed by atoms with Gasteiger partial charge in [-0.05, 0) is 38.0 Å². The third-order valence-electron chi connectivity index (χ3n) is 7.58. The van der Waals surface area contributed by atoms with E-state index in [0.29, 0.717) is 16.6 Å². The van der Waals surface area contributed by atoms with E-state index in [-0.39, 0.29) is 24.2 Å². The number of aryl methyl sites for hydroxylation is 1. The van der Waals surface area contributed by atoms with E-state index in [0.717, 1.165) is 5.69 Å². The van der Waals surface area contributed by atoms with Crippen LogP contribution < -0.4 is 20.9 Å². The molecule has 14 heteroatoms. The molecule has 2 fully saturated rings. The molecule has 198 valence electrons. The largest absolute Gasteiger partial charge is 0.368 e. The Morgan fingerprint density at radius 1 is 1.21 bits per heavy atom. The van der Waals surface area contributed by atoms with Gasteiger partial charge in [0, 0.05) is 25.0 Å². The summed E-state index contributed by atoms with van der Waals surface area (Å²) >= 11 is 0. The van der Waals surface area contributed by atoms with Crippen molar-refractivity contribution in [3.8, 4) is 0 Å². The lowest BCUT2D eigenvalue weighted by molar-refractivity contribution is -0.159. The Morgan fingerprint density at radius 3 is 2.63 bits per heavy atom. The number of carbonyl (C=O) groups excluding carboxylic acids is 4. The standard InChI is InChI=1S/C24H24FN7O6/c1-10-18-24(21(34)28-23(36)29-22(24)35)8-12-6-14-16(7-15(12)32(18)19(25)11(2)37-10)38-30-17(14)20(33)26-9-13-4-5-27-31(13)3/h4-7,10-11,18-19H,8-9H2,1-3H3,(H,26,33)(H2,28,29,34,35,36). The first-order chi connectivity index (χ1) is 18.1. The van der Waals surface area contributed by atoms with Gasteiger partial charge in [-0.3, -0.25) is 29.7 Å². The number of alkyl halides is 1. The van der Waals surface area contributed by atoms with Crippen molar-refractivity contribution in [3.63, 3.8) is 0 Å². The zero-order chi connectivity index (χ0) is 26.9. The monoisotopic (exact) mass is 525 g/mol. The van der Waals surface area contributed by atoms with Crippen LogP contribution >= 0.6 is 0 Å². The summed E-state index contributed by atoms with van der Waals surface area (Å²) in [4.78, 5) is 52.8. The van der Waals surface area contributed by atoms with Crippen LogP contribution in [0.3, 0.4) is 0 Å². The fraction of sp³-hybridized carbons (Fsp3) is 0.417. The van der Waals surface area contributed by atoms with Gasteiger partial charge in [-0.1, -0.05) is 5.16 Å². The minimum Gasteiger partial charge on any atom is -0.368 e. The van der Waals surface area contributed by atoms with Crippen LogP contribution in [0.4, 0.5) is 14.9 Å². The Balaban J connectivity index is 1.45. The number of amides is 5. The highest BCUT2D eigenvalue weighted by atomic mass is 19.1. The summed E-state index contributed by atoms with van der Waals surface area (Å²) in [5.41, 5.74) is -0.0630. The predicted octanol–water partition coefficient (Wildman–Crippen LogP) is 0.678. The molecular weight excluding hydrogens is 501 g/mol. The number of carbonyl (C=O) groups is 4. The topological polar surface area (TPSA) is 161 Å². The molecule has 0 aliphatic carbocycles. The van der Waals surface area contributed by atoms with Crippen molar-refractivity contribution in [2.24, 2.45) is 12.5 Å². The van der Waals surface area contributed by atoms with Gasteiger partial charge in [-0.15, -0.1) is 0 Å². The summed E-state index contributed by atoms with van der Waals surface area (Å²) in [5, 5.41) is 15.4. The lowest BCUT2D eigenvalue weighted by Gasteiger charge is -2.56. The minimum absolute atomic E-state index is 0.00520. The highest BCUT2D eigenvalue weighted by Crippen LogP contribution is 2.49. The van der Waals surface area contributed by atoms with E-state index in [2.05, 4.69) is 26.2 Å². The molecule has 38 heavy (non-hydrogen) atoms. The maximum atomic E-state index is 15.8. The van der Waals surface area contributed by atoms with Gasteiger partial charge in [0.15, 0.2) is 23.0 Å². The number of nitrogens with zero attached hydrogens (tertiary/aromatic N) is 4. The summed E-state index contributed by atoms with van der Waals surface area (Å²) < 4.78 is 28.6. The molecular formula is C24H24FN7O6. The lowest BCUT2D eigenvalue weighted by atomic mass is 9.66. The van der Waals surface area contributed by atoms with Crippen LogP contribution in [-0.4, -0.2) is 63.2 Å². The average molecular weight is 525 g/mol. The van der Waals surface area contributed by atoms with E-state index in [1.54, 1.807) is 50.0 Å². The molecule has 6 rings (SSSR count). The molecule has 2 saturated heterocycles. The molecule has 1 spiro atoms. The Hall–Kier alpha value is -4.33. The van der Waals surface area contributed by atoms with Crippen molar-refractivity contribution >= 4 is 40.4 Å². The van der Waals surface area contributed by atoms with Gasteiger partial charge in [-0.2, -0.15) is 5.10 Å². The summed E-state index contributed by atoms with van der Waals surface area (Å²) in [6, 6.07) is 2.88. The van der Waals surface area contributed by atoms with Gasteiger partial charge >= 0.3 is 6.03 Å². The Morgan fingerprint density at radius 2 is 1.95 bits per heavy atom. The maximum Gasteiger partial charge on any atom is 0.328 e. The molecule has 5 amide bonds. The summed E-state index contributed by atoms with van der Waals surface area (Å²) in [7, 11) is 1.75. The van der Waals surface area contributed by atoms with E-state index < -0.39 is 53.7 Å². The number of hydrogen-bond donors (Lipinski definition) is 3. The predicted molar refractivity (Wildman–Crippen MR) is 127 cm³/mol. The van der Waals surface area contributed by atoms with Gasteiger partial charge < -0.3 is 19.5 Å². The smallest absolute Gasteiger partial charge is 0.328 e. The fourth-order valence-corrected chi connectivity index (χ4v) is 5.80. The first-order valence-electron chi connectivity index (χ1n) is 12.0. The van der Waals surface area contributed by atoms with Crippen molar-refractivity contribution in [1.29, 1.82) is 0 Å². The molecule has 3 aromatic rings. The summed E-state index contributed by atoms with van der Waals surface area (Å²) in [6.45, 7) is 3.41. The maximum absolute atomic E-state index is 15.8. The number of fused-ring (bicyclic) bond motifs is 5. The van der Waals surface area contributed by atoms with Crippen molar-refractivity contribution in [1.82, 2.24) is 30.9 Å². The number of aromatic nitrogens is 3. The molecule has 13 nitrogen and oxygen atoms in total.